The lowest BCUT2D eigenvalue weighted by atomic mass is 10.0. The van der Waals surface area contributed by atoms with Gasteiger partial charge in [-0.05, 0) is 37.3 Å². The minimum atomic E-state index is -0.368. The molecule has 0 aliphatic rings. The third-order valence-corrected chi connectivity index (χ3v) is 4.25. The van der Waals surface area contributed by atoms with Crippen molar-refractivity contribution in [3.05, 3.63) is 75.3 Å². The van der Waals surface area contributed by atoms with E-state index in [1.165, 1.54) is 11.1 Å². The number of hydrogen-bond acceptors (Lipinski definition) is 2. The number of nitro groups is 1. The molecule has 0 heterocycles. The van der Waals surface area contributed by atoms with E-state index in [1.807, 2.05) is 12.1 Å². The number of benzene rings is 2. The molecule has 4 heteroatoms. The molecule has 21 heavy (non-hydrogen) atoms. The Morgan fingerprint density at radius 1 is 1.05 bits per heavy atom. The Morgan fingerprint density at radius 3 is 2.19 bits per heavy atom. The Bertz CT molecular complexity index is 593. The lowest BCUT2D eigenvalue weighted by Gasteiger charge is -2.10. The molecule has 0 saturated heterocycles. The van der Waals surface area contributed by atoms with Crippen LogP contribution >= 0.6 is 15.9 Å². The topological polar surface area (TPSA) is 43.1 Å². The molecule has 2 rings (SSSR count). The van der Waals surface area contributed by atoms with Crippen LogP contribution in [0.15, 0.2) is 48.5 Å². The van der Waals surface area contributed by atoms with Crippen molar-refractivity contribution in [3.63, 3.8) is 0 Å². The number of aryl methyl sites for hydroxylation is 2. The smallest absolute Gasteiger partial charge is 0.258 e. The third-order valence-electron chi connectivity index (χ3n) is 3.47. The molecule has 0 radical (unpaired) electrons. The quantitative estimate of drug-likeness (QED) is 0.426. The first-order valence-corrected chi connectivity index (χ1v) is 7.89. The maximum Gasteiger partial charge on any atom is 0.269 e. The van der Waals surface area contributed by atoms with Crippen LogP contribution < -0.4 is 0 Å². The number of nitrogens with zero attached hydrogens (tertiary/aromatic N) is 1. The maximum atomic E-state index is 10.6. The lowest BCUT2D eigenvalue weighted by Crippen LogP contribution is -2.04. The van der Waals surface area contributed by atoms with Crippen molar-refractivity contribution < 1.29 is 4.92 Å². The Morgan fingerprint density at radius 2 is 1.62 bits per heavy atom. The van der Waals surface area contributed by atoms with Gasteiger partial charge in [-0.25, -0.2) is 0 Å². The predicted molar refractivity (Wildman–Crippen MR) is 89.0 cm³/mol. The van der Waals surface area contributed by atoms with E-state index in [4.69, 9.17) is 0 Å². The van der Waals surface area contributed by atoms with Gasteiger partial charge >= 0.3 is 0 Å². The minimum absolute atomic E-state index is 0.143. The van der Waals surface area contributed by atoms with Crippen LogP contribution in [0.3, 0.4) is 0 Å². The molecule has 0 spiro atoms. The average Bonchev–Trinajstić information content (AvgIpc) is 2.47. The molecule has 1 atom stereocenters. The molecule has 0 aliphatic heterocycles. The van der Waals surface area contributed by atoms with Gasteiger partial charge in [-0.15, -0.1) is 0 Å². The second-order valence-electron chi connectivity index (χ2n) is 5.25. The molecule has 0 aliphatic carbocycles. The standard InChI is InChI=1S/C17H18BrNO2/c1-13-2-4-14(5-3-13)6-9-16(18)12-15-7-10-17(11-8-15)19(20)21/h2-5,7-8,10-11,16H,6,9,12H2,1H3. The lowest BCUT2D eigenvalue weighted by molar-refractivity contribution is -0.384. The van der Waals surface area contributed by atoms with Crippen LogP contribution in [-0.2, 0) is 12.8 Å². The van der Waals surface area contributed by atoms with Crippen LogP contribution in [0.5, 0.6) is 0 Å². The Hall–Kier alpha value is -1.68. The Labute approximate surface area is 133 Å². The SMILES string of the molecule is Cc1ccc(CCC(Br)Cc2ccc([N+](=O)[O-])cc2)cc1. The molecule has 110 valence electrons. The van der Waals surface area contributed by atoms with E-state index in [9.17, 15) is 10.1 Å². The zero-order valence-electron chi connectivity index (χ0n) is 12.0. The highest BCUT2D eigenvalue weighted by Gasteiger charge is 2.08. The molecule has 0 amide bonds. The van der Waals surface area contributed by atoms with Crippen LogP contribution in [0.1, 0.15) is 23.1 Å². The first kappa shape index (κ1) is 15.7. The molecule has 0 aromatic heterocycles. The van der Waals surface area contributed by atoms with Crippen LogP contribution in [0.25, 0.3) is 0 Å². The van der Waals surface area contributed by atoms with Gasteiger partial charge in [-0.2, -0.15) is 0 Å². The fourth-order valence-electron chi connectivity index (χ4n) is 2.19. The Kier molecular flexibility index (Phi) is 5.51. The molecule has 2 aromatic rings. The molecule has 0 N–H and O–H groups in total. The van der Waals surface area contributed by atoms with E-state index in [-0.39, 0.29) is 10.6 Å². The summed E-state index contributed by atoms with van der Waals surface area (Å²) in [5.41, 5.74) is 3.88. The van der Waals surface area contributed by atoms with Gasteiger partial charge in [0, 0.05) is 17.0 Å². The summed E-state index contributed by atoms with van der Waals surface area (Å²) in [5.74, 6) is 0. The summed E-state index contributed by atoms with van der Waals surface area (Å²) in [6.45, 7) is 2.09. The second-order valence-corrected chi connectivity index (χ2v) is 6.54. The van der Waals surface area contributed by atoms with Gasteiger partial charge in [0.05, 0.1) is 4.92 Å². The van der Waals surface area contributed by atoms with E-state index in [0.717, 1.165) is 24.8 Å². The highest BCUT2D eigenvalue weighted by atomic mass is 79.9. The molecule has 0 saturated carbocycles. The summed E-state index contributed by atoms with van der Waals surface area (Å²) in [6, 6.07) is 15.4. The monoisotopic (exact) mass is 347 g/mol. The summed E-state index contributed by atoms with van der Waals surface area (Å²) < 4.78 is 0. The van der Waals surface area contributed by atoms with Crippen molar-refractivity contribution >= 4 is 21.6 Å². The molecule has 1 unspecified atom stereocenters. The van der Waals surface area contributed by atoms with Gasteiger partial charge in [0.25, 0.3) is 5.69 Å². The number of alkyl halides is 1. The maximum absolute atomic E-state index is 10.6. The number of hydrogen-bond donors (Lipinski definition) is 0. The van der Waals surface area contributed by atoms with Gasteiger partial charge in [0.1, 0.15) is 0 Å². The van der Waals surface area contributed by atoms with Gasteiger partial charge in [0.2, 0.25) is 0 Å². The summed E-state index contributed by atoms with van der Waals surface area (Å²) in [5, 5.41) is 10.6. The second kappa shape index (κ2) is 7.36. The van der Waals surface area contributed by atoms with Gasteiger partial charge < -0.3 is 0 Å². The molecule has 0 bridgehead atoms. The van der Waals surface area contributed by atoms with E-state index < -0.39 is 0 Å². The van der Waals surface area contributed by atoms with Gasteiger partial charge in [-0.3, -0.25) is 10.1 Å². The Balaban J connectivity index is 1.85. The first-order valence-electron chi connectivity index (χ1n) is 6.97. The zero-order chi connectivity index (χ0) is 15.2. The van der Waals surface area contributed by atoms with E-state index in [2.05, 4.69) is 47.1 Å². The average molecular weight is 348 g/mol. The molecule has 0 fully saturated rings. The van der Waals surface area contributed by atoms with E-state index in [0.29, 0.717) is 4.83 Å². The predicted octanol–water partition coefficient (Wildman–Crippen LogP) is 4.84. The largest absolute Gasteiger partial charge is 0.269 e. The van der Waals surface area contributed by atoms with Crippen LogP contribution in [-0.4, -0.2) is 9.75 Å². The van der Waals surface area contributed by atoms with Crippen molar-refractivity contribution in [3.8, 4) is 0 Å². The van der Waals surface area contributed by atoms with Crippen LogP contribution in [0.2, 0.25) is 0 Å². The normalized spacial score (nSPS) is 12.1. The van der Waals surface area contributed by atoms with Crippen molar-refractivity contribution in [1.29, 1.82) is 0 Å². The summed E-state index contributed by atoms with van der Waals surface area (Å²) in [6.07, 6.45) is 2.95. The number of nitro benzene ring substituents is 1. The minimum Gasteiger partial charge on any atom is -0.258 e. The van der Waals surface area contributed by atoms with Crippen molar-refractivity contribution in [1.82, 2.24) is 0 Å². The van der Waals surface area contributed by atoms with Crippen LogP contribution in [0, 0.1) is 17.0 Å². The number of halogens is 1. The summed E-state index contributed by atoms with van der Waals surface area (Å²) in [7, 11) is 0. The van der Waals surface area contributed by atoms with E-state index in [1.54, 1.807) is 12.1 Å². The molecular weight excluding hydrogens is 330 g/mol. The first-order chi connectivity index (χ1) is 10.0. The zero-order valence-corrected chi connectivity index (χ0v) is 13.5. The fraction of sp³-hybridized carbons (Fsp3) is 0.294. The van der Waals surface area contributed by atoms with Gasteiger partial charge in [0.15, 0.2) is 0 Å². The highest BCUT2D eigenvalue weighted by Crippen LogP contribution is 2.19. The van der Waals surface area contributed by atoms with Crippen molar-refractivity contribution in [2.45, 2.75) is 31.0 Å². The summed E-state index contributed by atoms with van der Waals surface area (Å²) >= 11 is 3.70. The third kappa shape index (κ3) is 4.97. The van der Waals surface area contributed by atoms with Gasteiger partial charge in [-0.1, -0.05) is 57.9 Å². The van der Waals surface area contributed by atoms with Crippen LogP contribution in [0.4, 0.5) is 5.69 Å². The fourth-order valence-corrected chi connectivity index (χ4v) is 2.79. The molecule has 2 aromatic carbocycles. The summed E-state index contributed by atoms with van der Waals surface area (Å²) in [4.78, 5) is 10.6. The van der Waals surface area contributed by atoms with E-state index >= 15 is 0 Å². The van der Waals surface area contributed by atoms with Crippen molar-refractivity contribution in [2.24, 2.45) is 0 Å². The van der Waals surface area contributed by atoms with Crippen molar-refractivity contribution in [2.75, 3.05) is 0 Å². The highest BCUT2D eigenvalue weighted by molar-refractivity contribution is 9.09. The molecular formula is C17H18BrNO2. The molecule has 3 nitrogen and oxygen atoms in total. The number of rotatable bonds is 6. The number of non-ortho nitro benzene ring substituents is 1.